The Balaban J connectivity index is 2.37. The molecule has 0 aliphatic heterocycles. The number of nitrogens with zero attached hydrogens (tertiary/aromatic N) is 2. The summed E-state index contributed by atoms with van der Waals surface area (Å²) in [4.78, 5) is 8.51. The molecule has 0 radical (unpaired) electrons. The summed E-state index contributed by atoms with van der Waals surface area (Å²) in [6, 6.07) is 4.73. The number of aromatic nitrogens is 2. The topological polar surface area (TPSA) is 92.2 Å². The van der Waals surface area contributed by atoms with E-state index in [2.05, 4.69) is 15.3 Å². The van der Waals surface area contributed by atoms with Crippen molar-refractivity contribution in [1.82, 2.24) is 9.97 Å². The van der Waals surface area contributed by atoms with Crippen molar-refractivity contribution in [3.63, 3.8) is 0 Å². The van der Waals surface area contributed by atoms with Crippen molar-refractivity contribution < 1.29 is 13.5 Å². The van der Waals surface area contributed by atoms with Crippen LogP contribution in [0, 0.1) is 5.41 Å². The van der Waals surface area contributed by atoms with Crippen molar-refractivity contribution in [2.75, 3.05) is 18.1 Å². The molecule has 0 fully saturated rings. The Hall–Kier alpha value is -1.73. The Morgan fingerprint density at radius 3 is 2.55 bits per heavy atom. The fourth-order valence-electron chi connectivity index (χ4n) is 1.91. The van der Waals surface area contributed by atoms with Crippen LogP contribution in [0.5, 0.6) is 0 Å². The molecule has 1 aromatic carbocycles. The van der Waals surface area contributed by atoms with Crippen molar-refractivity contribution in [2.24, 2.45) is 5.41 Å². The monoisotopic (exact) mass is 323 g/mol. The Bertz CT molecular complexity index is 782. The number of anilines is 1. The van der Waals surface area contributed by atoms with Crippen LogP contribution < -0.4 is 5.32 Å². The lowest BCUT2D eigenvalue weighted by atomic mass is 9.89. The zero-order valence-electron chi connectivity index (χ0n) is 13.2. The molecule has 0 spiro atoms. The highest BCUT2D eigenvalue weighted by molar-refractivity contribution is 7.90. The summed E-state index contributed by atoms with van der Waals surface area (Å²) in [5, 5.41) is 13.8. The van der Waals surface area contributed by atoms with E-state index in [1.807, 2.05) is 20.8 Å². The maximum atomic E-state index is 11.7. The number of fused-ring (bicyclic) bond motifs is 1. The smallest absolute Gasteiger partial charge is 0.175 e. The highest BCUT2D eigenvalue weighted by Gasteiger charge is 2.22. The maximum Gasteiger partial charge on any atom is 0.175 e. The second-order valence-corrected chi connectivity index (χ2v) is 8.45. The SMILES string of the molecule is CC(C)(C)[C@H](O)CNc1ncnc2ccc(S(C)(=O)=O)cc12. The van der Waals surface area contributed by atoms with Gasteiger partial charge >= 0.3 is 0 Å². The van der Waals surface area contributed by atoms with Crippen molar-refractivity contribution >= 4 is 26.6 Å². The largest absolute Gasteiger partial charge is 0.391 e. The number of aliphatic hydroxyl groups excluding tert-OH is 1. The summed E-state index contributed by atoms with van der Waals surface area (Å²) in [5.74, 6) is 0.513. The summed E-state index contributed by atoms with van der Waals surface area (Å²) in [6.07, 6.45) is 2.01. The molecular formula is C15H21N3O3S. The number of sulfone groups is 1. The van der Waals surface area contributed by atoms with Gasteiger partial charge in [0.05, 0.1) is 16.5 Å². The predicted molar refractivity (Wildman–Crippen MR) is 86.6 cm³/mol. The van der Waals surface area contributed by atoms with Crippen molar-refractivity contribution in [3.05, 3.63) is 24.5 Å². The maximum absolute atomic E-state index is 11.7. The van der Waals surface area contributed by atoms with Crippen LogP contribution in [0.4, 0.5) is 5.82 Å². The first-order chi connectivity index (χ1) is 10.1. The van der Waals surface area contributed by atoms with Gasteiger partial charge in [0.25, 0.3) is 0 Å². The lowest BCUT2D eigenvalue weighted by Crippen LogP contribution is -2.33. The van der Waals surface area contributed by atoms with Gasteiger partial charge in [0, 0.05) is 18.2 Å². The first-order valence-electron chi connectivity index (χ1n) is 6.96. The van der Waals surface area contributed by atoms with E-state index < -0.39 is 15.9 Å². The number of benzene rings is 1. The van der Waals surface area contributed by atoms with E-state index in [0.29, 0.717) is 23.3 Å². The third-order valence-electron chi connectivity index (χ3n) is 3.50. The minimum Gasteiger partial charge on any atom is -0.391 e. The van der Waals surface area contributed by atoms with E-state index >= 15 is 0 Å². The van der Waals surface area contributed by atoms with E-state index in [0.717, 1.165) is 6.26 Å². The van der Waals surface area contributed by atoms with Gasteiger partial charge < -0.3 is 10.4 Å². The molecule has 22 heavy (non-hydrogen) atoms. The Morgan fingerprint density at radius 1 is 1.27 bits per heavy atom. The zero-order valence-corrected chi connectivity index (χ0v) is 14.0. The molecule has 0 aliphatic carbocycles. The van der Waals surface area contributed by atoms with Crippen LogP contribution in [0.2, 0.25) is 0 Å². The summed E-state index contributed by atoms with van der Waals surface area (Å²) in [5.41, 5.74) is 0.392. The summed E-state index contributed by atoms with van der Waals surface area (Å²) in [7, 11) is -3.30. The van der Waals surface area contributed by atoms with Crippen LogP contribution in [0.25, 0.3) is 10.9 Å². The average molecular weight is 323 g/mol. The normalized spacial score (nSPS) is 14.0. The van der Waals surface area contributed by atoms with E-state index in [1.54, 1.807) is 12.1 Å². The third kappa shape index (κ3) is 3.72. The van der Waals surface area contributed by atoms with Crippen molar-refractivity contribution in [1.29, 1.82) is 0 Å². The Kier molecular flexibility index (Phi) is 4.39. The van der Waals surface area contributed by atoms with Gasteiger partial charge in [-0.2, -0.15) is 0 Å². The minimum absolute atomic E-state index is 0.217. The molecule has 0 saturated carbocycles. The molecule has 6 nitrogen and oxygen atoms in total. The fourth-order valence-corrected chi connectivity index (χ4v) is 2.55. The molecule has 1 atom stereocenters. The summed E-state index contributed by atoms with van der Waals surface area (Å²) >= 11 is 0. The van der Waals surface area contributed by atoms with Gasteiger partial charge in [-0.1, -0.05) is 20.8 Å². The van der Waals surface area contributed by atoms with Crippen LogP contribution in [0.1, 0.15) is 20.8 Å². The Morgan fingerprint density at radius 2 is 1.95 bits per heavy atom. The highest BCUT2D eigenvalue weighted by Crippen LogP contribution is 2.24. The first-order valence-corrected chi connectivity index (χ1v) is 8.85. The van der Waals surface area contributed by atoms with E-state index in [-0.39, 0.29) is 10.3 Å². The van der Waals surface area contributed by atoms with Crippen LogP contribution in [-0.2, 0) is 9.84 Å². The van der Waals surface area contributed by atoms with E-state index in [1.165, 1.54) is 12.4 Å². The van der Waals surface area contributed by atoms with Crippen molar-refractivity contribution in [3.8, 4) is 0 Å². The standard InChI is InChI=1S/C15H21N3O3S/c1-15(2,3)13(19)8-16-14-11-7-10(22(4,20)21)5-6-12(11)17-9-18-14/h5-7,9,13,19H,8H2,1-4H3,(H,16,17,18)/t13-/m1/s1. The second-order valence-electron chi connectivity index (χ2n) is 6.44. The second kappa shape index (κ2) is 5.81. The van der Waals surface area contributed by atoms with E-state index in [9.17, 15) is 13.5 Å². The molecule has 120 valence electrons. The first kappa shape index (κ1) is 16.6. The summed E-state index contributed by atoms with van der Waals surface area (Å²) < 4.78 is 23.4. The fraction of sp³-hybridized carbons (Fsp3) is 0.467. The molecular weight excluding hydrogens is 302 g/mol. The van der Waals surface area contributed by atoms with E-state index in [4.69, 9.17) is 0 Å². The molecule has 2 aromatic rings. The lowest BCUT2D eigenvalue weighted by Gasteiger charge is -2.26. The molecule has 0 aliphatic rings. The number of rotatable bonds is 4. The molecule has 0 bridgehead atoms. The zero-order chi connectivity index (χ0) is 16.5. The van der Waals surface area contributed by atoms with Crippen LogP contribution >= 0.6 is 0 Å². The van der Waals surface area contributed by atoms with Gasteiger partial charge in [-0.3, -0.25) is 0 Å². The number of aliphatic hydroxyl groups is 1. The van der Waals surface area contributed by atoms with Crippen LogP contribution in [0.3, 0.4) is 0 Å². The average Bonchev–Trinajstić information content (AvgIpc) is 2.42. The van der Waals surface area contributed by atoms with Gasteiger partial charge in [0.1, 0.15) is 12.1 Å². The minimum atomic E-state index is -3.30. The molecule has 7 heteroatoms. The molecule has 0 saturated heterocycles. The molecule has 2 rings (SSSR count). The van der Waals surface area contributed by atoms with Gasteiger partial charge in [-0.25, -0.2) is 18.4 Å². The predicted octanol–water partition coefficient (Wildman–Crippen LogP) is 1.85. The van der Waals surface area contributed by atoms with Gasteiger partial charge in [0.2, 0.25) is 0 Å². The molecule has 0 amide bonds. The Labute approximate surface area is 130 Å². The quantitative estimate of drug-likeness (QED) is 0.892. The molecule has 0 unspecified atom stereocenters. The van der Waals surface area contributed by atoms with Crippen LogP contribution in [0.15, 0.2) is 29.4 Å². The van der Waals surface area contributed by atoms with Gasteiger partial charge in [0.15, 0.2) is 9.84 Å². The van der Waals surface area contributed by atoms with Gasteiger partial charge in [-0.05, 0) is 23.6 Å². The number of hydrogen-bond acceptors (Lipinski definition) is 6. The van der Waals surface area contributed by atoms with Gasteiger partial charge in [-0.15, -0.1) is 0 Å². The third-order valence-corrected chi connectivity index (χ3v) is 4.61. The van der Waals surface area contributed by atoms with Crippen molar-refractivity contribution in [2.45, 2.75) is 31.8 Å². The number of nitrogens with one attached hydrogen (secondary N) is 1. The summed E-state index contributed by atoms with van der Waals surface area (Å²) in [6.45, 7) is 6.15. The number of hydrogen-bond donors (Lipinski definition) is 2. The molecule has 1 aromatic heterocycles. The highest BCUT2D eigenvalue weighted by atomic mass is 32.2. The lowest BCUT2D eigenvalue weighted by molar-refractivity contribution is 0.0745. The molecule has 1 heterocycles. The molecule has 2 N–H and O–H groups in total. The van der Waals surface area contributed by atoms with Crippen LogP contribution in [-0.4, -0.2) is 42.4 Å².